The van der Waals surface area contributed by atoms with Gasteiger partial charge in [-0.2, -0.15) is 34.8 Å². The molecule has 0 spiro atoms. The maximum absolute atomic E-state index is 13.1. The normalized spacial score (nSPS) is 13.6. The number of benzene rings is 1. The first-order chi connectivity index (χ1) is 11.0. The van der Waals surface area contributed by atoms with Crippen molar-refractivity contribution in [2.75, 3.05) is 5.75 Å². The number of hydrogen-bond acceptors (Lipinski definition) is 3. The van der Waals surface area contributed by atoms with E-state index in [1.165, 1.54) is 6.07 Å². The zero-order valence-electron chi connectivity index (χ0n) is 11.5. The standard InChI is InChI=1S/C11H7BrF6INO4S/c12-6-1-5(2-7(19)3-6)8(21)20-9(10(13,14)15,11(16,17)18)4-25(22,23)24/h1-3H,4H2,(H,20,21)(H,22,23,24). The van der Waals surface area contributed by atoms with Crippen LogP contribution in [0.3, 0.4) is 0 Å². The quantitative estimate of drug-likeness (QED) is 0.330. The van der Waals surface area contributed by atoms with Crippen LogP contribution in [0.5, 0.6) is 0 Å². The van der Waals surface area contributed by atoms with Crippen LogP contribution in [0.15, 0.2) is 22.7 Å². The molecular weight excluding hydrogens is 563 g/mol. The smallest absolute Gasteiger partial charge is 0.330 e. The summed E-state index contributed by atoms with van der Waals surface area (Å²) < 4.78 is 109. The third-order valence-electron chi connectivity index (χ3n) is 2.82. The van der Waals surface area contributed by atoms with Gasteiger partial charge in [-0.3, -0.25) is 9.35 Å². The maximum Gasteiger partial charge on any atom is 0.421 e. The third kappa shape index (κ3) is 5.43. The third-order valence-corrected chi connectivity index (χ3v) is 4.70. The number of carbonyl (C=O) groups is 1. The molecule has 0 aliphatic rings. The lowest BCUT2D eigenvalue weighted by Crippen LogP contribution is -2.70. The summed E-state index contributed by atoms with van der Waals surface area (Å²) in [5, 5.41) is 0.685. The molecule has 5 nitrogen and oxygen atoms in total. The fourth-order valence-corrected chi connectivity index (χ4v) is 4.27. The van der Waals surface area contributed by atoms with E-state index in [-0.39, 0.29) is 4.47 Å². The Hall–Kier alpha value is -0.610. The van der Waals surface area contributed by atoms with Crippen LogP contribution in [-0.4, -0.2) is 42.5 Å². The van der Waals surface area contributed by atoms with Crippen molar-refractivity contribution in [2.24, 2.45) is 0 Å². The summed E-state index contributed by atoms with van der Waals surface area (Å²) in [6.07, 6.45) is -12.5. The summed E-state index contributed by atoms with van der Waals surface area (Å²) in [5.74, 6) is -4.64. The number of nitrogens with one attached hydrogen (secondary N) is 1. The zero-order valence-corrected chi connectivity index (χ0v) is 16.1. The van der Waals surface area contributed by atoms with Gasteiger partial charge in [0, 0.05) is 13.6 Å². The average Bonchev–Trinajstić information content (AvgIpc) is 2.32. The highest BCUT2D eigenvalue weighted by Gasteiger charge is 2.73. The first-order valence-corrected chi connectivity index (χ1v) is 9.34. The zero-order chi connectivity index (χ0) is 19.8. The molecule has 0 saturated carbocycles. The van der Waals surface area contributed by atoms with Crippen molar-refractivity contribution >= 4 is 54.5 Å². The van der Waals surface area contributed by atoms with Crippen LogP contribution < -0.4 is 5.32 Å². The Kier molecular flexibility index (Phi) is 6.45. The molecule has 14 heteroatoms. The first kappa shape index (κ1) is 22.4. The summed E-state index contributed by atoms with van der Waals surface area (Å²) in [6.45, 7) is 0. The molecule has 1 aromatic rings. The first-order valence-electron chi connectivity index (χ1n) is 5.86. The summed E-state index contributed by atoms with van der Waals surface area (Å²) in [7, 11) is -5.76. The van der Waals surface area contributed by atoms with E-state index in [9.17, 15) is 39.6 Å². The minimum Gasteiger partial charge on any atom is -0.330 e. The molecule has 0 heterocycles. The second-order valence-electron chi connectivity index (χ2n) is 4.74. The van der Waals surface area contributed by atoms with Crippen molar-refractivity contribution < 1.29 is 44.1 Å². The van der Waals surface area contributed by atoms with E-state index in [1.807, 2.05) is 0 Å². The topological polar surface area (TPSA) is 83.5 Å². The number of amides is 1. The fourth-order valence-electron chi connectivity index (χ4n) is 1.73. The molecule has 0 radical (unpaired) electrons. The summed E-state index contributed by atoms with van der Waals surface area (Å²) >= 11 is 4.59. The molecule has 0 atom stereocenters. The monoisotopic (exact) mass is 569 g/mol. The number of halogens is 8. The van der Waals surface area contributed by atoms with E-state index in [4.69, 9.17) is 4.55 Å². The Bertz CT molecular complexity index is 746. The number of hydrogen-bond donors (Lipinski definition) is 2. The molecule has 0 aliphatic carbocycles. The summed E-state index contributed by atoms with van der Waals surface area (Å²) in [5.41, 5.74) is -5.76. The van der Waals surface area contributed by atoms with Crippen molar-refractivity contribution in [1.82, 2.24) is 5.32 Å². The highest BCUT2D eigenvalue weighted by molar-refractivity contribution is 14.1. The molecule has 25 heavy (non-hydrogen) atoms. The van der Waals surface area contributed by atoms with E-state index in [1.54, 1.807) is 22.6 Å². The van der Waals surface area contributed by atoms with E-state index in [2.05, 4.69) is 15.9 Å². The van der Waals surface area contributed by atoms with Gasteiger partial charge < -0.3 is 5.32 Å². The molecule has 0 aliphatic heterocycles. The van der Waals surface area contributed by atoms with Crippen LogP contribution in [0, 0.1) is 3.57 Å². The van der Waals surface area contributed by atoms with Gasteiger partial charge in [0.25, 0.3) is 16.0 Å². The Morgan fingerprint density at radius 2 is 1.60 bits per heavy atom. The van der Waals surface area contributed by atoms with Gasteiger partial charge in [-0.1, -0.05) is 15.9 Å². The van der Waals surface area contributed by atoms with Gasteiger partial charge in [-0.25, -0.2) is 0 Å². The number of alkyl halides is 6. The molecule has 1 amide bonds. The number of rotatable bonds is 4. The Labute approximate surface area is 159 Å². The van der Waals surface area contributed by atoms with Crippen molar-refractivity contribution in [3.63, 3.8) is 0 Å². The lowest BCUT2D eigenvalue weighted by molar-refractivity contribution is -0.296. The highest BCUT2D eigenvalue weighted by atomic mass is 127. The molecular formula is C11H7BrF6INO4S. The number of carbonyl (C=O) groups excluding carboxylic acids is 1. The Balaban J connectivity index is 3.49. The Morgan fingerprint density at radius 1 is 1.12 bits per heavy atom. The molecule has 1 aromatic carbocycles. The van der Waals surface area contributed by atoms with Gasteiger partial charge in [-0.15, -0.1) is 0 Å². The van der Waals surface area contributed by atoms with Gasteiger partial charge in [-0.05, 0) is 40.8 Å². The van der Waals surface area contributed by atoms with Crippen LogP contribution in [0.4, 0.5) is 26.3 Å². The predicted molar refractivity (Wildman–Crippen MR) is 85.6 cm³/mol. The molecule has 2 N–H and O–H groups in total. The van der Waals surface area contributed by atoms with Crippen molar-refractivity contribution in [3.8, 4) is 0 Å². The summed E-state index contributed by atoms with van der Waals surface area (Å²) in [4.78, 5) is 11.9. The van der Waals surface area contributed by atoms with Crippen molar-refractivity contribution in [1.29, 1.82) is 0 Å². The Morgan fingerprint density at radius 3 is 1.96 bits per heavy atom. The van der Waals surface area contributed by atoms with Crippen LogP contribution in [0.2, 0.25) is 0 Å². The van der Waals surface area contributed by atoms with Gasteiger partial charge in [0.2, 0.25) is 5.54 Å². The molecule has 1 rings (SSSR count). The van der Waals surface area contributed by atoms with Gasteiger partial charge >= 0.3 is 12.4 Å². The average molecular weight is 570 g/mol. The van der Waals surface area contributed by atoms with Crippen LogP contribution in [0.25, 0.3) is 0 Å². The molecule has 0 aromatic heterocycles. The molecule has 0 unspecified atom stereocenters. The van der Waals surface area contributed by atoms with E-state index in [0.29, 0.717) is 8.89 Å². The lowest BCUT2D eigenvalue weighted by atomic mass is 9.99. The van der Waals surface area contributed by atoms with Crippen LogP contribution in [0.1, 0.15) is 10.4 Å². The fraction of sp³-hybridized carbons (Fsp3) is 0.364. The van der Waals surface area contributed by atoms with E-state index in [0.717, 1.165) is 12.1 Å². The second-order valence-corrected chi connectivity index (χ2v) is 8.35. The SMILES string of the molecule is O=C(NC(CS(=O)(=O)O)(C(F)(F)F)C(F)(F)F)c1cc(Br)cc(I)c1. The van der Waals surface area contributed by atoms with E-state index >= 15 is 0 Å². The van der Waals surface area contributed by atoms with Crippen molar-refractivity contribution in [3.05, 3.63) is 31.8 Å². The van der Waals surface area contributed by atoms with Gasteiger partial charge in [0.15, 0.2) is 0 Å². The minimum absolute atomic E-state index is 0.198. The van der Waals surface area contributed by atoms with Gasteiger partial charge in [0.1, 0.15) is 5.75 Å². The van der Waals surface area contributed by atoms with Crippen molar-refractivity contribution in [2.45, 2.75) is 17.9 Å². The molecule has 0 bridgehead atoms. The van der Waals surface area contributed by atoms with Gasteiger partial charge in [0.05, 0.1) is 0 Å². The minimum atomic E-state index is -6.25. The maximum atomic E-state index is 13.1. The molecule has 0 saturated heterocycles. The van der Waals surface area contributed by atoms with Crippen LogP contribution in [-0.2, 0) is 10.1 Å². The molecule has 142 valence electrons. The van der Waals surface area contributed by atoms with Crippen LogP contribution >= 0.6 is 38.5 Å². The lowest BCUT2D eigenvalue weighted by Gasteiger charge is -2.36. The highest BCUT2D eigenvalue weighted by Crippen LogP contribution is 2.44. The predicted octanol–water partition coefficient (Wildman–Crippen LogP) is 3.53. The van der Waals surface area contributed by atoms with E-state index < -0.39 is 45.2 Å². The summed E-state index contributed by atoms with van der Waals surface area (Å²) in [6, 6.07) is 3.37. The largest absolute Gasteiger partial charge is 0.421 e. The molecule has 0 fully saturated rings. The second kappa shape index (κ2) is 7.19.